The van der Waals surface area contributed by atoms with Gasteiger partial charge in [-0.1, -0.05) is 35.9 Å². The van der Waals surface area contributed by atoms with Crippen LogP contribution < -0.4 is 10.6 Å². The predicted molar refractivity (Wildman–Crippen MR) is 93.8 cm³/mol. The number of benzene rings is 2. The van der Waals surface area contributed by atoms with Gasteiger partial charge in [-0.2, -0.15) is 10.1 Å². The predicted octanol–water partition coefficient (Wildman–Crippen LogP) is 4.63. The van der Waals surface area contributed by atoms with E-state index >= 15 is 0 Å². The molecule has 116 valence electrons. The van der Waals surface area contributed by atoms with Crippen LogP contribution in [0.3, 0.4) is 0 Å². The number of hydrogen-bond acceptors (Lipinski definition) is 5. The van der Waals surface area contributed by atoms with E-state index in [4.69, 9.17) is 11.6 Å². The molecule has 2 aromatic carbocycles. The Hall–Kier alpha value is -2.66. The normalized spacial score (nSPS) is 10.4. The molecule has 3 aromatic rings. The topological polar surface area (TPSA) is 62.7 Å². The zero-order chi connectivity index (χ0) is 16.2. The SMILES string of the molecule is Cc1cccc(C)c1Nc1nncc(Nc2cccc(Cl)c2)n1. The molecule has 0 unspecified atom stereocenters. The molecule has 3 rings (SSSR count). The maximum atomic E-state index is 5.98. The lowest BCUT2D eigenvalue weighted by Crippen LogP contribution is -2.04. The number of hydrogen-bond donors (Lipinski definition) is 2. The second-order valence-electron chi connectivity index (χ2n) is 5.19. The number of halogens is 1. The summed E-state index contributed by atoms with van der Waals surface area (Å²) in [5, 5.41) is 15.1. The zero-order valence-corrected chi connectivity index (χ0v) is 13.6. The Kier molecular flexibility index (Phi) is 4.39. The Morgan fingerprint density at radius 2 is 1.70 bits per heavy atom. The fourth-order valence-corrected chi connectivity index (χ4v) is 2.44. The van der Waals surface area contributed by atoms with Gasteiger partial charge >= 0.3 is 0 Å². The third-order valence-corrected chi connectivity index (χ3v) is 3.61. The van der Waals surface area contributed by atoms with Crippen molar-refractivity contribution < 1.29 is 0 Å². The average molecular weight is 326 g/mol. The van der Waals surface area contributed by atoms with Gasteiger partial charge in [0.2, 0.25) is 5.95 Å². The van der Waals surface area contributed by atoms with E-state index in [-0.39, 0.29) is 0 Å². The third-order valence-electron chi connectivity index (χ3n) is 3.37. The minimum absolute atomic E-state index is 0.439. The van der Waals surface area contributed by atoms with Crippen LogP contribution in [0.25, 0.3) is 0 Å². The first-order valence-electron chi connectivity index (χ1n) is 7.17. The minimum atomic E-state index is 0.439. The smallest absolute Gasteiger partial charge is 0.249 e. The molecular weight excluding hydrogens is 310 g/mol. The Morgan fingerprint density at radius 1 is 0.957 bits per heavy atom. The van der Waals surface area contributed by atoms with Crippen LogP contribution in [0.1, 0.15) is 11.1 Å². The number of nitrogens with one attached hydrogen (secondary N) is 2. The molecule has 0 atom stereocenters. The second kappa shape index (κ2) is 6.62. The molecule has 1 aromatic heterocycles. The second-order valence-corrected chi connectivity index (χ2v) is 5.63. The van der Waals surface area contributed by atoms with Crippen molar-refractivity contribution >= 4 is 34.7 Å². The van der Waals surface area contributed by atoms with Crippen molar-refractivity contribution in [1.82, 2.24) is 15.2 Å². The molecule has 0 radical (unpaired) electrons. The van der Waals surface area contributed by atoms with E-state index in [2.05, 4.69) is 25.8 Å². The van der Waals surface area contributed by atoms with Crippen molar-refractivity contribution in [3.8, 4) is 0 Å². The fourth-order valence-electron chi connectivity index (χ4n) is 2.25. The first-order valence-corrected chi connectivity index (χ1v) is 7.55. The Morgan fingerprint density at radius 3 is 2.43 bits per heavy atom. The summed E-state index contributed by atoms with van der Waals surface area (Å²) < 4.78 is 0. The number of para-hydroxylation sites is 1. The lowest BCUT2D eigenvalue weighted by molar-refractivity contribution is 0.981. The van der Waals surface area contributed by atoms with Crippen molar-refractivity contribution in [3.05, 3.63) is 64.8 Å². The van der Waals surface area contributed by atoms with Gasteiger partial charge in [-0.15, -0.1) is 5.10 Å². The van der Waals surface area contributed by atoms with Crippen molar-refractivity contribution in [2.45, 2.75) is 13.8 Å². The van der Waals surface area contributed by atoms with E-state index in [0.717, 1.165) is 22.5 Å². The van der Waals surface area contributed by atoms with Crippen LogP contribution >= 0.6 is 11.6 Å². The molecule has 0 aliphatic rings. The van der Waals surface area contributed by atoms with Crippen molar-refractivity contribution in [2.24, 2.45) is 0 Å². The molecular formula is C17H16ClN5. The van der Waals surface area contributed by atoms with Gasteiger partial charge in [0, 0.05) is 16.4 Å². The highest BCUT2D eigenvalue weighted by Gasteiger charge is 2.06. The molecule has 23 heavy (non-hydrogen) atoms. The van der Waals surface area contributed by atoms with Crippen LogP contribution in [-0.4, -0.2) is 15.2 Å². The number of anilines is 4. The molecule has 6 heteroatoms. The summed E-state index contributed by atoms with van der Waals surface area (Å²) in [4.78, 5) is 4.44. The van der Waals surface area contributed by atoms with Crippen molar-refractivity contribution in [1.29, 1.82) is 0 Å². The first kappa shape index (κ1) is 15.2. The van der Waals surface area contributed by atoms with Crippen molar-refractivity contribution in [2.75, 3.05) is 10.6 Å². The van der Waals surface area contributed by atoms with Gasteiger partial charge in [0.05, 0.1) is 6.20 Å². The number of aromatic nitrogens is 3. The molecule has 0 aliphatic carbocycles. The van der Waals surface area contributed by atoms with Gasteiger partial charge in [-0.3, -0.25) is 0 Å². The molecule has 5 nitrogen and oxygen atoms in total. The zero-order valence-electron chi connectivity index (χ0n) is 12.8. The summed E-state index contributed by atoms with van der Waals surface area (Å²) in [5.41, 5.74) is 4.09. The highest BCUT2D eigenvalue weighted by atomic mass is 35.5. The van der Waals surface area contributed by atoms with E-state index in [1.807, 2.05) is 56.3 Å². The van der Waals surface area contributed by atoms with Gasteiger partial charge in [0.25, 0.3) is 0 Å². The average Bonchev–Trinajstić information content (AvgIpc) is 2.52. The van der Waals surface area contributed by atoms with Crippen molar-refractivity contribution in [3.63, 3.8) is 0 Å². The Labute approximate surface area is 139 Å². The summed E-state index contributed by atoms with van der Waals surface area (Å²) in [6.45, 7) is 4.08. The summed E-state index contributed by atoms with van der Waals surface area (Å²) in [5.74, 6) is 1.03. The molecule has 0 saturated carbocycles. The first-order chi connectivity index (χ1) is 11.1. The van der Waals surface area contributed by atoms with E-state index in [1.54, 1.807) is 6.20 Å². The molecule has 0 amide bonds. The van der Waals surface area contributed by atoms with Crippen LogP contribution in [-0.2, 0) is 0 Å². The highest BCUT2D eigenvalue weighted by molar-refractivity contribution is 6.30. The highest BCUT2D eigenvalue weighted by Crippen LogP contribution is 2.23. The van der Waals surface area contributed by atoms with E-state index < -0.39 is 0 Å². The third kappa shape index (κ3) is 3.76. The number of nitrogens with zero attached hydrogens (tertiary/aromatic N) is 3. The molecule has 2 N–H and O–H groups in total. The quantitative estimate of drug-likeness (QED) is 0.732. The lowest BCUT2D eigenvalue weighted by Gasteiger charge is -2.11. The van der Waals surface area contributed by atoms with E-state index in [9.17, 15) is 0 Å². The monoisotopic (exact) mass is 325 g/mol. The van der Waals surface area contributed by atoms with E-state index in [0.29, 0.717) is 16.8 Å². The van der Waals surface area contributed by atoms with Crippen LogP contribution in [0.5, 0.6) is 0 Å². The minimum Gasteiger partial charge on any atom is -0.339 e. The standard InChI is InChI=1S/C17H16ClN5/c1-11-5-3-6-12(2)16(11)22-17-21-15(10-19-23-17)20-14-8-4-7-13(18)9-14/h3-10H,1-2H3,(H2,20,21,22,23). The maximum Gasteiger partial charge on any atom is 0.249 e. The summed E-state index contributed by atoms with van der Waals surface area (Å²) in [6, 6.07) is 13.5. The van der Waals surface area contributed by atoms with Crippen LogP contribution in [0.15, 0.2) is 48.7 Å². The van der Waals surface area contributed by atoms with Gasteiger partial charge in [-0.25, -0.2) is 0 Å². The largest absolute Gasteiger partial charge is 0.339 e. The summed E-state index contributed by atoms with van der Waals surface area (Å²) in [7, 11) is 0. The molecule has 0 spiro atoms. The molecule has 0 aliphatic heterocycles. The van der Waals surface area contributed by atoms with E-state index in [1.165, 1.54) is 0 Å². The van der Waals surface area contributed by atoms with Gasteiger partial charge in [0.1, 0.15) is 0 Å². The molecule has 1 heterocycles. The van der Waals surface area contributed by atoms with Crippen LogP contribution in [0.4, 0.5) is 23.1 Å². The van der Waals surface area contributed by atoms with Gasteiger partial charge in [-0.05, 0) is 43.2 Å². The lowest BCUT2D eigenvalue weighted by atomic mass is 10.1. The summed E-state index contributed by atoms with van der Waals surface area (Å²) >= 11 is 5.98. The fraction of sp³-hybridized carbons (Fsp3) is 0.118. The Balaban J connectivity index is 1.83. The Bertz CT molecular complexity index is 814. The van der Waals surface area contributed by atoms with Gasteiger partial charge in [0.15, 0.2) is 5.82 Å². The molecule has 0 fully saturated rings. The van der Waals surface area contributed by atoms with Gasteiger partial charge < -0.3 is 10.6 Å². The van der Waals surface area contributed by atoms with Crippen LogP contribution in [0.2, 0.25) is 5.02 Å². The van der Waals surface area contributed by atoms with Crippen LogP contribution in [0, 0.1) is 13.8 Å². The molecule has 0 bridgehead atoms. The number of rotatable bonds is 4. The number of aryl methyl sites for hydroxylation is 2. The summed E-state index contributed by atoms with van der Waals surface area (Å²) in [6.07, 6.45) is 1.57. The maximum absolute atomic E-state index is 5.98. The molecule has 0 saturated heterocycles.